The maximum atomic E-state index is 9.47. The third-order valence-corrected chi connectivity index (χ3v) is 3.98. The zero-order valence-electron chi connectivity index (χ0n) is 15.1. The summed E-state index contributed by atoms with van der Waals surface area (Å²) in [5.41, 5.74) is 1.69. The van der Waals surface area contributed by atoms with Gasteiger partial charge in [0.15, 0.2) is 5.82 Å². The van der Waals surface area contributed by atoms with E-state index in [1.54, 1.807) is 0 Å². The second kappa shape index (κ2) is 7.97. The van der Waals surface area contributed by atoms with Gasteiger partial charge in [0, 0.05) is 35.9 Å². The lowest BCUT2D eigenvalue weighted by atomic mass is 9.95. The molecule has 0 spiro atoms. The molecule has 0 aliphatic carbocycles. The van der Waals surface area contributed by atoms with Crippen molar-refractivity contribution in [3.8, 4) is 11.4 Å². The number of anilines is 3. The minimum Gasteiger partial charge on any atom is -0.396 e. The summed E-state index contributed by atoms with van der Waals surface area (Å²) >= 11 is 0. The van der Waals surface area contributed by atoms with E-state index in [-0.39, 0.29) is 12.0 Å². The van der Waals surface area contributed by atoms with Gasteiger partial charge >= 0.3 is 0 Å². The molecule has 0 aliphatic rings. The van der Waals surface area contributed by atoms with Gasteiger partial charge in [0.25, 0.3) is 0 Å². The summed E-state index contributed by atoms with van der Waals surface area (Å²) in [5, 5.41) is 16.1. The highest BCUT2D eigenvalue weighted by atomic mass is 16.3. The number of para-hydroxylation sites is 1. The maximum absolute atomic E-state index is 9.47. The van der Waals surface area contributed by atoms with E-state index in [0.717, 1.165) is 17.1 Å². The van der Waals surface area contributed by atoms with Crippen molar-refractivity contribution >= 4 is 17.3 Å². The first-order valence-corrected chi connectivity index (χ1v) is 8.67. The highest BCUT2D eigenvalue weighted by Crippen LogP contribution is 2.23. The molecule has 0 fully saturated rings. The van der Waals surface area contributed by atoms with E-state index in [1.807, 2.05) is 80.6 Å². The van der Waals surface area contributed by atoms with Gasteiger partial charge in [0.05, 0.1) is 0 Å². The summed E-state index contributed by atoms with van der Waals surface area (Å²) < 4.78 is 0. The van der Waals surface area contributed by atoms with Crippen molar-refractivity contribution in [1.82, 2.24) is 9.97 Å². The largest absolute Gasteiger partial charge is 0.396 e. The van der Waals surface area contributed by atoms with Crippen LogP contribution in [-0.4, -0.2) is 28.2 Å². The van der Waals surface area contributed by atoms with Crippen molar-refractivity contribution in [2.24, 2.45) is 5.41 Å². The summed E-state index contributed by atoms with van der Waals surface area (Å²) in [6.07, 6.45) is 0. The minimum atomic E-state index is -0.231. The summed E-state index contributed by atoms with van der Waals surface area (Å²) in [6.45, 7) is 4.72. The van der Waals surface area contributed by atoms with Gasteiger partial charge in [0.1, 0.15) is 11.6 Å². The quantitative estimate of drug-likeness (QED) is 0.593. The Morgan fingerprint density at radius 3 is 2.15 bits per heavy atom. The zero-order valence-corrected chi connectivity index (χ0v) is 15.1. The molecule has 134 valence electrons. The van der Waals surface area contributed by atoms with Gasteiger partial charge in [-0.05, 0) is 12.1 Å². The highest BCUT2D eigenvalue weighted by Gasteiger charge is 2.17. The van der Waals surface area contributed by atoms with Gasteiger partial charge in [-0.2, -0.15) is 0 Å². The van der Waals surface area contributed by atoms with Crippen LogP contribution in [0.15, 0.2) is 66.7 Å². The van der Waals surface area contributed by atoms with Crippen LogP contribution in [0.25, 0.3) is 11.4 Å². The minimum absolute atomic E-state index is 0.103. The molecule has 3 N–H and O–H groups in total. The number of hydrogen-bond acceptors (Lipinski definition) is 5. The first-order chi connectivity index (χ1) is 12.6. The average Bonchev–Trinajstić information content (AvgIpc) is 2.68. The monoisotopic (exact) mass is 348 g/mol. The summed E-state index contributed by atoms with van der Waals surface area (Å²) in [5.74, 6) is 2.09. The molecular weight excluding hydrogens is 324 g/mol. The molecule has 1 heterocycles. The number of hydrogen-bond donors (Lipinski definition) is 3. The van der Waals surface area contributed by atoms with Crippen LogP contribution in [-0.2, 0) is 0 Å². The van der Waals surface area contributed by atoms with E-state index >= 15 is 0 Å². The number of rotatable bonds is 7. The van der Waals surface area contributed by atoms with E-state index in [2.05, 4.69) is 20.6 Å². The fourth-order valence-electron chi connectivity index (χ4n) is 2.37. The molecular formula is C21H24N4O. The summed E-state index contributed by atoms with van der Waals surface area (Å²) in [7, 11) is 0. The SMILES string of the molecule is CC(C)(CO)CNc1cc(Nc2ccccc2)nc(-c2ccccc2)n1. The van der Waals surface area contributed by atoms with Crippen LogP contribution in [0.2, 0.25) is 0 Å². The summed E-state index contributed by atoms with van der Waals surface area (Å²) in [6, 6.07) is 21.7. The number of nitrogens with zero attached hydrogens (tertiary/aromatic N) is 2. The van der Waals surface area contributed by atoms with Crippen molar-refractivity contribution < 1.29 is 5.11 Å². The zero-order chi connectivity index (χ0) is 18.4. The topological polar surface area (TPSA) is 70.1 Å². The Bertz CT molecular complexity index is 835. The molecule has 0 atom stereocenters. The van der Waals surface area contributed by atoms with E-state index < -0.39 is 0 Å². The maximum Gasteiger partial charge on any atom is 0.163 e. The summed E-state index contributed by atoms with van der Waals surface area (Å²) in [4.78, 5) is 9.29. The molecule has 0 aliphatic heterocycles. The van der Waals surface area contributed by atoms with Crippen molar-refractivity contribution in [3.05, 3.63) is 66.7 Å². The molecule has 0 saturated heterocycles. The van der Waals surface area contributed by atoms with E-state index in [4.69, 9.17) is 0 Å². The van der Waals surface area contributed by atoms with Gasteiger partial charge < -0.3 is 15.7 Å². The number of nitrogens with one attached hydrogen (secondary N) is 2. The molecule has 3 rings (SSSR count). The Morgan fingerprint density at radius 1 is 0.885 bits per heavy atom. The van der Waals surface area contributed by atoms with Gasteiger partial charge in [0.2, 0.25) is 0 Å². The predicted molar refractivity (Wildman–Crippen MR) is 107 cm³/mol. The second-order valence-electron chi connectivity index (χ2n) is 6.99. The van der Waals surface area contributed by atoms with Crippen LogP contribution in [0.5, 0.6) is 0 Å². The Balaban J connectivity index is 1.91. The molecule has 2 aromatic carbocycles. The van der Waals surface area contributed by atoms with Crippen molar-refractivity contribution in [3.63, 3.8) is 0 Å². The van der Waals surface area contributed by atoms with Crippen LogP contribution >= 0.6 is 0 Å². The molecule has 1 aromatic heterocycles. The Morgan fingerprint density at radius 2 is 1.50 bits per heavy atom. The van der Waals surface area contributed by atoms with Crippen LogP contribution < -0.4 is 10.6 Å². The van der Waals surface area contributed by atoms with Crippen LogP contribution in [0, 0.1) is 5.41 Å². The Labute approximate surface area is 154 Å². The van der Waals surface area contributed by atoms with E-state index in [9.17, 15) is 5.11 Å². The highest BCUT2D eigenvalue weighted by molar-refractivity contribution is 5.65. The molecule has 0 radical (unpaired) electrons. The standard InChI is InChI=1S/C21H24N4O/c1-21(2,15-26)14-22-18-13-19(23-17-11-7-4-8-12-17)25-20(24-18)16-9-5-3-6-10-16/h3-13,26H,14-15H2,1-2H3,(H2,22,23,24,25). The Hall–Kier alpha value is -2.92. The van der Waals surface area contributed by atoms with E-state index in [0.29, 0.717) is 18.2 Å². The van der Waals surface area contributed by atoms with Gasteiger partial charge in [-0.3, -0.25) is 0 Å². The molecule has 0 saturated carbocycles. The van der Waals surface area contributed by atoms with Gasteiger partial charge in [-0.15, -0.1) is 0 Å². The molecule has 0 amide bonds. The molecule has 3 aromatic rings. The fourth-order valence-corrected chi connectivity index (χ4v) is 2.37. The van der Waals surface area contributed by atoms with Crippen molar-refractivity contribution in [1.29, 1.82) is 0 Å². The number of aliphatic hydroxyl groups excluding tert-OH is 1. The molecule has 5 heteroatoms. The number of aromatic nitrogens is 2. The van der Waals surface area contributed by atoms with Crippen LogP contribution in [0.3, 0.4) is 0 Å². The fraction of sp³-hybridized carbons (Fsp3) is 0.238. The van der Waals surface area contributed by atoms with Crippen molar-refractivity contribution in [2.75, 3.05) is 23.8 Å². The van der Waals surface area contributed by atoms with E-state index in [1.165, 1.54) is 0 Å². The van der Waals surface area contributed by atoms with Gasteiger partial charge in [-0.1, -0.05) is 62.4 Å². The lowest BCUT2D eigenvalue weighted by Crippen LogP contribution is -2.27. The molecule has 26 heavy (non-hydrogen) atoms. The number of aliphatic hydroxyl groups is 1. The third kappa shape index (κ3) is 4.80. The molecule has 0 bridgehead atoms. The van der Waals surface area contributed by atoms with Crippen molar-refractivity contribution in [2.45, 2.75) is 13.8 Å². The predicted octanol–water partition coefficient (Wildman–Crippen LogP) is 4.32. The molecule has 0 unspecified atom stereocenters. The normalized spacial score (nSPS) is 11.2. The number of benzene rings is 2. The third-order valence-electron chi connectivity index (χ3n) is 3.98. The lowest BCUT2D eigenvalue weighted by molar-refractivity contribution is 0.170. The Kier molecular flexibility index (Phi) is 5.49. The lowest BCUT2D eigenvalue weighted by Gasteiger charge is -2.22. The smallest absolute Gasteiger partial charge is 0.163 e. The van der Waals surface area contributed by atoms with Gasteiger partial charge in [-0.25, -0.2) is 9.97 Å². The molecule has 5 nitrogen and oxygen atoms in total. The van der Waals surface area contributed by atoms with Crippen LogP contribution in [0.4, 0.5) is 17.3 Å². The first-order valence-electron chi connectivity index (χ1n) is 8.67. The second-order valence-corrected chi connectivity index (χ2v) is 6.99. The van der Waals surface area contributed by atoms with Crippen LogP contribution in [0.1, 0.15) is 13.8 Å². The first kappa shape index (κ1) is 17.9. The average molecular weight is 348 g/mol.